The summed E-state index contributed by atoms with van der Waals surface area (Å²) in [5, 5.41) is 0. The summed E-state index contributed by atoms with van der Waals surface area (Å²) in [7, 11) is -3.25. The maximum atomic E-state index is 11.6. The molecule has 1 unspecified atom stereocenters. The van der Waals surface area contributed by atoms with Gasteiger partial charge in [-0.15, -0.1) is 0 Å². The minimum Gasteiger partial charge on any atom is -0.392 e. The van der Waals surface area contributed by atoms with Crippen molar-refractivity contribution in [2.24, 2.45) is 11.7 Å². The van der Waals surface area contributed by atoms with Crippen LogP contribution in [-0.4, -0.2) is 25.2 Å². The summed E-state index contributed by atoms with van der Waals surface area (Å²) in [6.07, 6.45) is 1.50. The van der Waals surface area contributed by atoms with Crippen LogP contribution in [0.25, 0.3) is 0 Å². The quantitative estimate of drug-likeness (QED) is 0.664. The summed E-state index contributed by atoms with van der Waals surface area (Å²) in [5.74, 6) is 0.203. The fourth-order valence-electron chi connectivity index (χ4n) is 1.11. The normalized spacial score (nSPS) is 14.1. The second-order valence-electron chi connectivity index (χ2n) is 3.91. The van der Waals surface area contributed by atoms with Gasteiger partial charge in [0.15, 0.2) is 0 Å². The molecule has 0 amide bonds. The number of unbranched alkanes of at least 4 members (excludes halogenated alkanes) is 1. The second-order valence-corrected chi connectivity index (χ2v) is 6.26. The monoisotopic (exact) mass is 252 g/mol. The predicted octanol–water partition coefficient (Wildman–Crippen LogP) is 1.02. The lowest BCUT2D eigenvalue weighted by molar-refractivity contribution is 0.525. The number of hydrogen-bond donors (Lipinski definition) is 2. The van der Waals surface area contributed by atoms with Crippen molar-refractivity contribution in [1.29, 1.82) is 0 Å². The van der Waals surface area contributed by atoms with Crippen molar-refractivity contribution in [2.45, 2.75) is 39.7 Å². The van der Waals surface area contributed by atoms with Crippen molar-refractivity contribution < 1.29 is 8.42 Å². The van der Waals surface area contributed by atoms with E-state index in [0.717, 1.165) is 6.42 Å². The van der Waals surface area contributed by atoms with Gasteiger partial charge in [0.1, 0.15) is 0 Å². The Morgan fingerprint density at radius 1 is 1.47 bits per heavy atom. The van der Waals surface area contributed by atoms with Crippen LogP contribution in [0.3, 0.4) is 0 Å². The molecule has 0 aliphatic heterocycles. The summed E-state index contributed by atoms with van der Waals surface area (Å²) in [5.41, 5.74) is 5.48. The van der Waals surface area contributed by atoms with Gasteiger partial charge in [-0.1, -0.05) is 39.4 Å². The zero-order valence-corrected chi connectivity index (χ0v) is 11.1. The summed E-state index contributed by atoms with van der Waals surface area (Å²) in [4.78, 5) is 0.199. The predicted molar refractivity (Wildman–Crippen MR) is 67.2 cm³/mol. The fraction of sp³-hybridized carbons (Fsp3) is 0.889. The molecule has 0 saturated carbocycles. The van der Waals surface area contributed by atoms with Gasteiger partial charge in [-0.3, -0.25) is 0 Å². The number of sulfonamides is 1. The maximum absolute atomic E-state index is 11.6. The van der Waals surface area contributed by atoms with Gasteiger partial charge in [-0.05, 0) is 12.3 Å². The van der Waals surface area contributed by atoms with Gasteiger partial charge in [-0.2, -0.15) is 0 Å². The highest BCUT2D eigenvalue weighted by atomic mass is 32.2. The van der Waals surface area contributed by atoms with Crippen LogP contribution in [0.5, 0.6) is 0 Å². The van der Waals surface area contributed by atoms with Crippen LogP contribution in [0.15, 0.2) is 0 Å². The van der Waals surface area contributed by atoms with Gasteiger partial charge in [0.05, 0.1) is 16.8 Å². The highest BCUT2D eigenvalue weighted by molar-refractivity contribution is 7.89. The Morgan fingerprint density at radius 3 is 2.33 bits per heavy atom. The zero-order chi connectivity index (χ0) is 12.1. The first-order valence-electron chi connectivity index (χ1n) is 5.09. The third-order valence-electron chi connectivity index (χ3n) is 2.05. The lowest BCUT2D eigenvalue weighted by atomic mass is 10.1. The lowest BCUT2D eigenvalue weighted by Crippen LogP contribution is -2.47. The van der Waals surface area contributed by atoms with E-state index in [9.17, 15) is 8.42 Å². The number of nitrogens with one attached hydrogen (secondary N) is 1. The molecular formula is C9H20N2O2S2. The first-order chi connectivity index (χ1) is 6.80. The zero-order valence-electron chi connectivity index (χ0n) is 9.49. The third-order valence-corrected chi connectivity index (χ3v) is 3.74. The van der Waals surface area contributed by atoms with Crippen molar-refractivity contribution in [3.05, 3.63) is 0 Å². The molecule has 0 aliphatic carbocycles. The molecule has 0 radical (unpaired) electrons. The molecule has 0 spiro atoms. The molecule has 0 aromatic heterocycles. The maximum Gasteiger partial charge on any atom is 0.212 e. The summed E-state index contributed by atoms with van der Waals surface area (Å²) >= 11 is 4.82. The SMILES string of the molecule is CCCCS(=O)(=O)NC(C(N)=S)C(C)C. The molecule has 90 valence electrons. The molecule has 0 aliphatic rings. The van der Waals surface area contributed by atoms with Crippen molar-refractivity contribution >= 4 is 27.2 Å². The van der Waals surface area contributed by atoms with Gasteiger partial charge in [0, 0.05) is 0 Å². The smallest absolute Gasteiger partial charge is 0.212 e. The molecule has 15 heavy (non-hydrogen) atoms. The molecular weight excluding hydrogens is 232 g/mol. The minimum absolute atomic E-state index is 0.0684. The van der Waals surface area contributed by atoms with Crippen molar-refractivity contribution in [1.82, 2.24) is 4.72 Å². The Balaban J connectivity index is 4.46. The van der Waals surface area contributed by atoms with E-state index in [1.807, 2.05) is 20.8 Å². The van der Waals surface area contributed by atoms with Crippen LogP contribution in [0.4, 0.5) is 0 Å². The molecule has 6 heteroatoms. The van der Waals surface area contributed by atoms with Gasteiger partial charge in [0.2, 0.25) is 10.0 Å². The van der Waals surface area contributed by atoms with Gasteiger partial charge in [0.25, 0.3) is 0 Å². The molecule has 4 nitrogen and oxygen atoms in total. The van der Waals surface area contributed by atoms with Crippen LogP contribution in [0.2, 0.25) is 0 Å². The van der Waals surface area contributed by atoms with E-state index in [1.54, 1.807) is 0 Å². The molecule has 0 saturated heterocycles. The Bertz CT molecular complexity index is 299. The number of rotatable bonds is 7. The Labute approximate surface area is 97.7 Å². The van der Waals surface area contributed by atoms with E-state index in [0.29, 0.717) is 6.42 Å². The van der Waals surface area contributed by atoms with Crippen molar-refractivity contribution in [3.8, 4) is 0 Å². The van der Waals surface area contributed by atoms with Gasteiger partial charge < -0.3 is 5.73 Å². The van der Waals surface area contributed by atoms with Crippen LogP contribution in [0, 0.1) is 5.92 Å². The molecule has 0 aromatic carbocycles. The molecule has 0 aromatic rings. The molecule has 0 bridgehead atoms. The molecule has 0 heterocycles. The number of nitrogens with two attached hydrogens (primary N) is 1. The van der Waals surface area contributed by atoms with E-state index >= 15 is 0 Å². The van der Waals surface area contributed by atoms with E-state index in [4.69, 9.17) is 18.0 Å². The summed E-state index contributed by atoms with van der Waals surface area (Å²) in [6.45, 7) is 5.71. The van der Waals surface area contributed by atoms with Crippen LogP contribution in [-0.2, 0) is 10.0 Å². The highest BCUT2D eigenvalue weighted by Crippen LogP contribution is 2.05. The highest BCUT2D eigenvalue weighted by Gasteiger charge is 2.22. The van der Waals surface area contributed by atoms with E-state index in [2.05, 4.69) is 4.72 Å². The molecule has 0 rings (SSSR count). The Morgan fingerprint density at radius 2 is 2.00 bits per heavy atom. The largest absolute Gasteiger partial charge is 0.392 e. The Kier molecular flexibility index (Phi) is 6.31. The standard InChI is InChI=1S/C9H20N2O2S2/c1-4-5-6-15(12,13)11-8(7(2)3)9(10)14/h7-8,11H,4-6H2,1-3H3,(H2,10,14). The summed E-state index contributed by atoms with van der Waals surface area (Å²) < 4.78 is 25.7. The van der Waals surface area contributed by atoms with Crippen molar-refractivity contribution in [2.75, 3.05) is 5.75 Å². The topological polar surface area (TPSA) is 72.2 Å². The average molecular weight is 252 g/mol. The van der Waals surface area contributed by atoms with E-state index in [1.165, 1.54) is 0 Å². The first kappa shape index (κ1) is 14.8. The Hall–Kier alpha value is -0.200. The molecule has 3 N–H and O–H groups in total. The molecule has 1 atom stereocenters. The first-order valence-corrected chi connectivity index (χ1v) is 7.15. The lowest BCUT2D eigenvalue weighted by Gasteiger charge is -2.20. The van der Waals surface area contributed by atoms with Gasteiger partial charge >= 0.3 is 0 Å². The van der Waals surface area contributed by atoms with Crippen molar-refractivity contribution in [3.63, 3.8) is 0 Å². The number of thiocarbonyl (C=S) groups is 1. The van der Waals surface area contributed by atoms with E-state index in [-0.39, 0.29) is 16.7 Å². The second kappa shape index (κ2) is 6.40. The van der Waals surface area contributed by atoms with Crippen LogP contribution in [0.1, 0.15) is 33.6 Å². The van der Waals surface area contributed by atoms with Crippen LogP contribution < -0.4 is 10.5 Å². The molecule has 0 fully saturated rings. The minimum atomic E-state index is -3.25. The van der Waals surface area contributed by atoms with Gasteiger partial charge in [-0.25, -0.2) is 13.1 Å². The third kappa shape index (κ3) is 6.06. The van der Waals surface area contributed by atoms with E-state index < -0.39 is 16.1 Å². The summed E-state index contributed by atoms with van der Waals surface area (Å²) in [6, 6.07) is -0.443. The average Bonchev–Trinajstić information content (AvgIpc) is 2.10. The van der Waals surface area contributed by atoms with Crippen LogP contribution >= 0.6 is 12.2 Å². The fourth-order valence-corrected chi connectivity index (χ4v) is 3.09. The number of hydrogen-bond acceptors (Lipinski definition) is 3.